The molecule has 0 aliphatic carbocycles. The third-order valence-electron chi connectivity index (χ3n) is 10.6. The number of rotatable bonds is 5. The maximum absolute atomic E-state index is 6.67. The first-order valence-corrected chi connectivity index (χ1v) is 18.2. The van der Waals surface area contributed by atoms with E-state index in [4.69, 9.17) is 14.4 Å². The van der Waals surface area contributed by atoms with Crippen molar-refractivity contribution in [3.05, 3.63) is 188 Å². The fourth-order valence-electron chi connectivity index (χ4n) is 7.96. The van der Waals surface area contributed by atoms with Crippen LogP contribution in [-0.4, -0.2) is 14.4 Å². The largest absolute Gasteiger partial charge is 0.439 e. The quantitative estimate of drug-likeness (QED) is 0.181. The smallest absolute Gasteiger partial charge is 0.215 e. The lowest BCUT2D eigenvalue weighted by Gasteiger charge is -2.12. The van der Waals surface area contributed by atoms with Crippen LogP contribution in [0.4, 0.5) is 0 Å². The summed E-state index contributed by atoms with van der Waals surface area (Å²) in [7, 11) is 0. The molecular formula is C50H31N3O. The summed E-state index contributed by atoms with van der Waals surface area (Å²) in [6.45, 7) is 0. The number of aromatic nitrogens is 3. The van der Waals surface area contributed by atoms with Crippen LogP contribution >= 0.6 is 0 Å². The van der Waals surface area contributed by atoms with Crippen molar-refractivity contribution < 1.29 is 4.42 Å². The minimum Gasteiger partial charge on any atom is -0.439 e. The van der Waals surface area contributed by atoms with Gasteiger partial charge >= 0.3 is 0 Å². The summed E-state index contributed by atoms with van der Waals surface area (Å²) in [4.78, 5) is 10.2. The Hall–Kier alpha value is -7.30. The van der Waals surface area contributed by atoms with Gasteiger partial charge in [-0.05, 0) is 87.3 Å². The van der Waals surface area contributed by atoms with Crippen LogP contribution < -0.4 is 0 Å². The molecule has 0 radical (unpaired) electrons. The number of imidazole rings is 1. The van der Waals surface area contributed by atoms with E-state index in [1.54, 1.807) is 0 Å². The number of para-hydroxylation sites is 2. The Morgan fingerprint density at radius 2 is 0.944 bits per heavy atom. The van der Waals surface area contributed by atoms with Crippen LogP contribution in [0.1, 0.15) is 0 Å². The molecule has 4 heteroatoms. The van der Waals surface area contributed by atoms with Gasteiger partial charge in [0.05, 0.1) is 27.8 Å². The molecule has 54 heavy (non-hydrogen) atoms. The van der Waals surface area contributed by atoms with Crippen molar-refractivity contribution in [3.63, 3.8) is 0 Å². The zero-order valence-electron chi connectivity index (χ0n) is 29.1. The van der Waals surface area contributed by atoms with Crippen LogP contribution in [0.3, 0.4) is 0 Å². The van der Waals surface area contributed by atoms with E-state index in [1.165, 1.54) is 5.56 Å². The van der Waals surface area contributed by atoms with E-state index >= 15 is 0 Å². The van der Waals surface area contributed by atoms with Crippen LogP contribution in [0, 0.1) is 0 Å². The second kappa shape index (κ2) is 12.1. The highest BCUT2D eigenvalue weighted by Gasteiger charge is 2.19. The van der Waals surface area contributed by atoms with Gasteiger partial charge in [0.1, 0.15) is 11.2 Å². The summed E-state index contributed by atoms with van der Waals surface area (Å²) in [5.74, 6) is 0. The normalized spacial score (nSPS) is 11.7. The molecule has 0 aliphatic heterocycles. The molecule has 0 spiro atoms. The molecule has 4 heterocycles. The van der Waals surface area contributed by atoms with Gasteiger partial charge in [-0.25, -0.2) is 9.97 Å². The third kappa shape index (κ3) is 4.92. The monoisotopic (exact) mass is 689 g/mol. The van der Waals surface area contributed by atoms with Crippen LogP contribution in [0.2, 0.25) is 0 Å². The van der Waals surface area contributed by atoms with E-state index in [0.29, 0.717) is 0 Å². The van der Waals surface area contributed by atoms with E-state index in [2.05, 4.69) is 180 Å². The standard InChI is InChI=1S/C50H31N3O/c1-3-13-32(14-4-1)39-30-44(33-15-5-2-6-16-33)51-45(31-39)38-20-12-19-36(28-38)34-17-11-18-35(27-34)37-25-26-47-42(29-37)48-40-21-7-8-22-41(40)49-52-43-23-9-10-24-46(43)53(49)50(48)54-47/h1-31H. The molecule has 0 aliphatic rings. The Labute approximate surface area is 311 Å². The number of hydrogen-bond acceptors (Lipinski definition) is 3. The van der Waals surface area contributed by atoms with E-state index < -0.39 is 0 Å². The maximum Gasteiger partial charge on any atom is 0.215 e. The Balaban J connectivity index is 1.03. The lowest BCUT2D eigenvalue weighted by atomic mass is 9.95. The summed E-state index contributed by atoms with van der Waals surface area (Å²) in [6, 6.07) is 66.2. The summed E-state index contributed by atoms with van der Waals surface area (Å²) < 4.78 is 8.84. The summed E-state index contributed by atoms with van der Waals surface area (Å²) in [6.07, 6.45) is 0. The van der Waals surface area contributed by atoms with Gasteiger partial charge in [-0.2, -0.15) is 0 Å². The Morgan fingerprint density at radius 1 is 0.370 bits per heavy atom. The van der Waals surface area contributed by atoms with E-state index in [0.717, 1.165) is 99.9 Å². The topological polar surface area (TPSA) is 43.3 Å². The van der Waals surface area contributed by atoms with Gasteiger partial charge in [0, 0.05) is 21.9 Å². The molecule has 4 nitrogen and oxygen atoms in total. The van der Waals surface area contributed by atoms with Crippen LogP contribution in [0.15, 0.2) is 192 Å². The predicted molar refractivity (Wildman–Crippen MR) is 222 cm³/mol. The maximum atomic E-state index is 6.67. The van der Waals surface area contributed by atoms with Gasteiger partial charge in [-0.15, -0.1) is 0 Å². The molecule has 11 aromatic rings. The molecule has 11 rings (SSSR count). The lowest BCUT2D eigenvalue weighted by molar-refractivity contribution is 0.650. The predicted octanol–water partition coefficient (Wildman–Crippen LogP) is 13.3. The van der Waals surface area contributed by atoms with Crippen molar-refractivity contribution in [2.45, 2.75) is 0 Å². The van der Waals surface area contributed by atoms with Gasteiger partial charge in [-0.1, -0.05) is 140 Å². The highest BCUT2D eigenvalue weighted by molar-refractivity contribution is 6.22. The summed E-state index contributed by atoms with van der Waals surface area (Å²) in [5, 5.41) is 4.43. The molecule has 0 saturated heterocycles. The van der Waals surface area contributed by atoms with Gasteiger partial charge in [0.2, 0.25) is 5.71 Å². The number of benzene rings is 7. The molecule has 0 atom stereocenters. The van der Waals surface area contributed by atoms with Crippen molar-refractivity contribution >= 4 is 49.5 Å². The fraction of sp³-hybridized carbons (Fsp3) is 0. The number of pyridine rings is 2. The Kier molecular flexibility index (Phi) is 6.82. The summed E-state index contributed by atoms with van der Waals surface area (Å²) in [5.41, 5.74) is 15.5. The average molecular weight is 690 g/mol. The number of hydrogen-bond donors (Lipinski definition) is 0. The van der Waals surface area contributed by atoms with Crippen molar-refractivity contribution in [2.24, 2.45) is 0 Å². The first-order chi connectivity index (χ1) is 26.7. The molecule has 0 fully saturated rings. The van der Waals surface area contributed by atoms with Crippen molar-refractivity contribution in [2.75, 3.05) is 0 Å². The number of fused-ring (bicyclic) bond motifs is 10. The molecule has 0 saturated carbocycles. The van der Waals surface area contributed by atoms with E-state index in [1.807, 2.05) is 12.1 Å². The highest BCUT2D eigenvalue weighted by Crippen LogP contribution is 2.40. The average Bonchev–Trinajstić information content (AvgIpc) is 3.83. The minimum atomic E-state index is 0.815. The Bertz CT molecular complexity index is 3150. The van der Waals surface area contributed by atoms with Gasteiger partial charge < -0.3 is 4.42 Å². The number of nitrogens with zero attached hydrogens (tertiary/aromatic N) is 3. The van der Waals surface area contributed by atoms with Crippen LogP contribution in [0.5, 0.6) is 0 Å². The molecule has 0 unspecified atom stereocenters. The lowest BCUT2D eigenvalue weighted by Crippen LogP contribution is -1.91. The van der Waals surface area contributed by atoms with E-state index in [9.17, 15) is 0 Å². The fourth-order valence-corrected chi connectivity index (χ4v) is 7.96. The zero-order valence-corrected chi connectivity index (χ0v) is 29.1. The zero-order chi connectivity index (χ0) is 35.6. The SMILES string of the molecule is c1ccc(-c2cc(-c3ccccc3)nc(-c3cccc(-c4cccc(-c5ccc6oc7c(c6c5)c5ccccc5c5nc6ccccc6n57)c4)c3)c2)cc1. The highest BCUT2D eigenvalue weighted by atomic mass is 16.3. The number of furan rings is 1. The molecule has 4 aromatic heterocycles. The minimum absolute atomic E-state index is 0.815. The first-order valence-electron chi connectivity index (χ1n) is 18.2. The second-order valence-corrected chi connectivity index (χ2v) is 13.8. The van der Waals surface area contributed by atoms with Gasteiger partial charge in [-0.3, -0.25) is 4.40 Å². The van der Waals surface area contributed by atoms with Crippen molar-refractivity contribution in [3.8, 4) is 55.9 Å². The third-order valence-corrected chi connectivity index (χ3v) is 10.6. The molecule has 252 valence electrons. The molecule has 0 N–H and O–H groups in total. The van der Waals surface area contributed by atoms with Crippen LogP contribution in [0.25, 0.3) is 105 Å². The van der Waals surface area contributed by atoms with Crippen molar-refractivity contribution in [1.29, 1.82) is 0 Å². The van der Waals surface area contributed by atoms with Crippen molar-refractivity contribution in [1.82, 2.24) is 14.4 Å². The molecule has 0 bridgehead atoms. The first kappa shape index (κ1) is 30.3. The molecule has 0 amide bonds. The Morgan fingerprint density at radius 3 is 1.70 bits per heavy atom. The van der Waals surface area contributed by atoms with Gasteiger partial charge in [0.15, 0.2) is 0 Å². The molecule has 7 aromatic carbocycles. The second-order valence-electron chi connectivity index (χ2n) is 13.8. The molecular weight excluding hydrogens is 659 g/mol. The van der Waals surface area contributed by atoms with Gasteiger partial charge in [0.25, 0.3) is 0 Å². The summed E-state index contributed by atoms with van der Waals surface area (Å²) >= 11 is 0. The van der Waals surface area contributed by atoms with E-state index in [-0.39, 0.29) is 0 Å². The van der Waals surface area contributed by atoms with Crippen LogP contribution in [-0.2, 0) is 0 Å².